The number of aromatic nitrogens is 1. The summed E-state index contributed by atoms with van der Waals surface area (Å²) in [7, 11) is 0. The highest BCUT2D eigenvalue weighted by Crippen LogP contribution is 2.41. The first-order valence-corrected chi connectivity index (χ1v) is 12.9. The highest BCUT2D eigenvalue weighted by Gasteiger charge is 2.42. The second-order valence-electron chi connectivity index (χ2n) is 10.5. The van der Waals surface area contributed by atoms with Crippen LogP contribution in [0.4, 0.5) is 24.5 Å². The molecule has 0 spiro atoms. The molecule has 11 heteroatoms. The number of hydrogen-bond acceptors (Lipinski definition) is 6. The Hall–Kier alpha value is -3.47. The Bertz CT molecular complexity index is 1290. The molecule has 2 bridgehead atoms. The number of carbonyl (C=O) groups excluding carboxylic acids is 3. The highest BCUT2D eigenvalue weighted by molar-refractivity contribution is 6.07. The standard InChI is InChI=1S/C27H27F3N4O4/c28-27(29,30)24-3-1-2-21(31-24)25(36)32-22-8-16-11-34(17-6-4-15(13-35)5-7-17)26(37)20(16)10-23(22)33-12-19-9-18(33)14-38-19/h1-3,8,10,13,15,17-19H,4-7,9,11-12,14H2,(H,32,36)/t15-,17-,18-,19-/m0/s1. The molecule has 2 atom stereocenters. The van der Waals surface area contributed by atoms with Crippen LogP contribution in [0.25, 0.3) is 0 Å². The SMILES string of the molecule is O=C[C@H]1CC[C@H](N2Cc3cc(NC(=O)c4cccc(C(F)(F)F)n4)c(N4C[C@@H]5C[C@H]4CO5)cc3C2=O)CC1. The van der Waals surface area contributed by atoms with Gasteiger partial charge in [-0.15, -0.1) is 0 Å². The average Bonchev–Trinajstić information content (AvgIpc) is 3.63. The number of rotatable bonds is 5. The van der Waals surface area contributed by atoms with E-state index >= 15 is 0 Å². The maximum absolute atomic E-state index is 13.5. The first-order chi connectivity index (χ1) is 18.2. The molecule has 0 radical (unpaired) electrons. The van der Waals surface area contributed by atoms with E-state index in [0.29, 0.717) is 36.6 Å². The van der Waals surface area contributed by atoms with Crippen LogP contribution >= 0.6 is 0 Å². The number of halogens is 3. The lowest BCUT2D eigenvalue weighted by Crippen LogP contribution is -2.38. The van der Waals surface area contributed by atoms with Crippen molar-refractivity contribution in [2.75, 3.05) is 23.4 Å². The Balaban J connectivity index is 1.31. The van der Waals surface area contributed by atoms with Gasteiger partial charge in [-0.1, -0.05) is 6.07 Å². The van der Waals surface area contributed by atoms with Gasteiger partial charge in [-0.05, 0) is 61.9 Å². The summed E-state index contributed by atoms with van der Waals surface area (Å²) in [6, 6.07) is 6.90. The zero-order valence-corrected chi connectivity index (χ0v) is 20.5. The number of alkyl halides is 3. The van der Waals surface area contributed by atoms with E-state index in [1.165, 1.54) is 6.07 Å². The van der Waals surface area contributed by atoms with Gasteiger partial charge in [-0.3, -0.25) is 9.59 Å². The van der Waals surface area contributed by atoms with E-state index in [1.54, 1.807) is 12.1 Å². The van der Waals surface area contributed by atoms with Crippen molar-refractivity contribution in [3.05, 3.63) is 52.8 Å². The molecule has 8 nitrogen and oxygen atoms in total. The van der Waals surface area contributed by atoms with Crippen molar-refractivity contribution in [3.63, 3.8) is 0 Å². The third-order valence-electron chi connectivity index (χ3n) is 8.16. The lowest BCUT2D eigenvalue weighted by atomic mass is 9.86. The predicted molar refractivity (Wildman–Crippen MR) is 131 cm³/mol. The van der Waals surface area contributed by atoms with Crippen LogP contribution in [0.3, 0.4) is 0 Å². The number of fused-ring (bicyclic) bond motifs is 3. The molecule has 38 heavy (non-hydrogen) atoms. The van der Waals surface area contributed by atoms with E-state index in [2.05, 4.69) is 15.2 Å². The number of anilines is 2. The molecule has 1 aromatic carbocycles. The fourth-order valence-corrected chi connectivity index (χ4v) is 6.16. The Morgan fingerprint density at radius 1 is 1.11 bits per heavy atom. The minimum Gasteiger partial charge on any atom is -0.374 e. The number of nitrogens with zero attached hydrogens (tertiary/aromatic N) is 3. The van der Waals surface area contributed by atoms with Crippen molar-refractivity contribution in [3.8, 4) is 0 Å². The molecule has 1 aliphatic carbocycles. The zero-order chi connectivity index (χ0) is 26.6. The van der Waals surface area contributed by atoms with Gasteiger partial charge in [0, 0.05) is 30.6 Å². The molecule has 4 aliphatic rings. The van der Waals surface area contributed by atoms with Crippen LogP contribution in [0.2, 0.25) is 0 Å². The first-order valence-electron chi connectivity index (χ1n) is 12.9. The average molecular weight is 529 g/mol. The Morgan fingerprint density at radius 3 is 2.55 bits per heavy atom. The molecule has 2 saturated heterocycles. The molecule has 3 aliphatic heterocycles. The van der Waals surface area contributed by atoms with Crippen LogP contribution in [0.5, 0.6) is 0 Å². The normalized spacial score (nSPS) is 26.6. The van der Waals surface area contributed by atoms with Crippen LogP contribution in [-0.2, 0) is 22.3 Å². The Morgan fingerprint density at radius 2 is 1.89 bits per heavy atom. The van der Waals surface area contributed by atoms with Gasteiger partial charge in [-0.25, -0.2) is 4.98 Å². The van der Waals surface area contributed by atoms with Crippen molar-refractivity contribution in [2.45, 2.75) is 63.0 Å². The molecule has 3 fully saturated rings. The third-order valence-corrected chi connectivity index (χ3v) is 8.16. The van der Waals surface area contributed by atoms with Gasteiger partial charge in [0.25, 0.3) is 11.8 Å². The Kier molecular flexibility index (Phi) is 6.13. The summed E-state index contributed by atoms with van der Waals surface area (Å²) >= 11 is 0. The number of pyridine rings is 1. The number of benzene rings is 1. The number of amides is 2. The van der Waals surface area contributed by atoms with Crippen molar-refractivity contribution in [2.24, 2.45) is 5.92 Å². The summed E-state index contributed by atoms with van der Waals surface area (Å²) in [6.07, 6.45) is 0.232. The van der Waals surface area contributed by atoms with Gasteiger partial charge >= 0.3 is 6.18 Å². The molecular weight excluding hydrogens is 501 g/mol. The van der Waals surface area contributed by atoms with E-state index in [1.807, 2.05) is 4.90 Å². The summed E-state index contributed by atoms with van der Waals surface area (Å²) in [6.45, 7) is 1.51. The molecule has 1 saturated carbocycles. The summed E-state index contributed by atoms with van der Waals surface area (Å²) in [4.78, 5) is 45.2. The molecule has 200 valence electrons. The molecule has 0 unspecified atom stereocenters. The minimum atomic E-state index is -4.67. The fraction of sp³-hybridized carbons (Fsp3) is 0.481. The van der Waals surface area contributed by atoms with Gasteiger partial charge in [-0.2, -0.15) is 13.2 Å². The van der Waals surface area contributed by atoms with E-state index < -0.39 is 17.8 Å². The van der Waals surface area contributed by atoms with Gasteiger partial charge in [0.2, 0.25) is 0 Å². The van der Waals surface area contributed by atoms with Crippen LogP contribution in [0.1, 0.15) is 64.2 Å². The van der Waals surface area contributed by atoms with Crippen molar-refractivity contribution < 1.29 is 32.3 Å². The molecule has 4 heterocycles. The van der Waals surface area contributed by atoms with Crippen LogP contribution in [0, 0.1) is 5.92 Å². The minimum absolute atomic E-state index is 0.0389. The van der Waals surface area contributed by atoms with Crippen LogP contribution < -0.4 is 10.2 Å². The summed E-state index contributed by atoms with van der Waals surface area (Å²) in [5, 5.41) is 2.77. The number of nitrogens with one attached hydrogen (secondary N) is 1. The monoisotopic (exact) mass is 528 g/mol. The summed E-state index contributed by atoms with van der Waals surface area (Å²) < 4.78 is 45.2. The molecule has 6 rings (SSSR count). The topological polar surface area (TPSA) is 91.8 Å². The van der Waals surface area contributed by atoms with Gasteiger partial charge in [0.15, 0.2) is 0 Å². The lowest BCUT2D eigenvalue weighted by molar-refractivity contribution is -0.141. The number of hydrogen-bond donors (Lipinski definition) is 1. The smallest absolute Gasteiger partial charge is 0.374 e. The zero-order valence-electron chi connectivity index (χ0n) is 20.5. The quantitative estimate of drug-likeness (QED) is 0.589. The first kappa shape index (κ1) is 24.8. The number of carbonyl (C=O) groups is 3. The number of aldehydes is 1. The van der Waals surface area contributed by atoms with Gasteiger partial charge < -0.3 is 24.6 Å². The predicted octanol–water partition coefficient (Wildman–Crippen LogP) is 4.04. The second-order valence-corrected chi connectivity index (χ2v) is 10.5. The number of morpholine rings is 1. The maximum Gasteiger partial charge on any atom is 0.433 e. The molecule has 2 amide bonds. The van der Waals surface area contributed by atoms with Crippen LogP contribution in [-0.4, -0.2) is 59.3 Å². The van der Waals surface area contributed by atoms with E-state index in [9.17, 15) is 27.6 Å². The second kappa shape index (κ2) is 9.37. The van der Waals surface area contributed by atoms with Crippen molar-refractivity contribution in [1.29, 1.82) is 0 Å². The largest absolute Gasteiger partial charge is 0.433 e. The summed E-state index contributed by atoms with van der Waals surface area (Å²) in [5.41, 5.74) is 0.918. The molecular formula is C27H27F3N4O4. The van der Waals surface area contributed by atoms with Gasteiger partial charge in [0.1, 0.15) is 17.7 Å². The van der Waals surface area contributed by atoms with E-state index in [-0.39, 0.29) is 35.7 Å². The highest BCUT2D eigenvalue weighted by atomic mass is 19.4. The maximum atomic E-state index is 13.5. The fourth-order valence-electron chi connectivity index (χ4n) is 6.16. The molecule has 1 aromatic heterocycles. The van der Waals surface area contributed by atoms with Gasteiger partial charge in [0.05, 0.1) is 30.1 Å². The molecule has 1 N–H and O–H groups in total. The lowest BCUT2D eigenvalue weighted by Gasteiger charge is -2.33. The van der Waals surface area contributed by atoms with E-state index in [0.717, 1.165) is 56.1 Å². The van der Waals surface area contributed by atoms with Crippen molar-refractivity contribution >= 4 is 29.5 Å². The summed E-state index contributed by atoms with van der Waals surface area (Å²) in [5.74, 6) is -0.794. The Labute approximate surface area is 217 Å². The van der Waals surface area contributed by atoms with E-state index in [4.69, 9.17) is 4.74 Å². The van der Waals surface area contributed by atoms with Crippen molar-refractivity contribution in [1.82, 2.24) is 9.88 Å². The van der Waals surface area contributed by atoms with Crippen LogP contribution in [0.15, 0.2) is 30.3 Å². The third kappa shape index (κ3) is 4.42. The number of ether oxygens (including phenoxy) is 1. The molecule has 2 aromatic rings.